The van der Waals surface area contributed by atoms with Crippen LogP contribution in [0.4, 0.5) is 8.78 Å². The van der Waals surface area contributed by atoms with Gasteiger partial charge in [-0.05, 0) is 43.9 Å². The van der Waals surface area contributed by atoms with Crippen LogP contribution in [0.1, 0.15) is 59.3 Å². The van der Waals surface area contributed by atoms with Crippen molar-refractivity contribution < 1.29 is 18.3 Å². The molecule has 6 heteroatoms. The third-order valence-electron chi connectivity index (χ3n) is 5.65. The van der Waals surface area contributed by atoms with Gasteiger partial charge in [0.05, 0.1) is 6.10 Å². The van der Waals surface area contributed by atoms with Crippen molar-refractivity contribution in [2.75, 3.05) is 19.7 Å². The predicted molar refractivity (Wildman–Crippen MR) is 89.9 cm³/mol. The lowest BCUT2D eigenvalue weighted by Gasteiger charge is -2.38. The van der Waals surface area contributed by atoms with Crippen molar-refractivity contribution in [2.24, 2.45) is 17.1 Å². The summed E-state index contributed by atoms with van der Waals surface area (Å²) < 4.78 is 32.1. The first-order chi connectivity index (χ1) is 11.1. The SMILES string of the molecule is C[C@@H](OCC1CCC(F)(F)CC1)[C@H](N)C(=O)N1CCC(C)(C)CC1. The summed E-state index contributed by atoms with van der Waals surface area (Å²) in [5.74, 6) is -2.44. The number of halogens is 2. The molecule has 2 atom stereocenters. The fourth-order valence-electron chi connectivity index (χ4n) is 3.40. The fourth-order valence-corrected chi connectivity index (χ4v) is 3.40. The first kappa shape index (κ1) is 19.6. The number of carbonyl (C=O) groups is 1. The summed E-state index contributed by atoms with van der Waals surface area (Å²) in [7, 11) is 0. The lowest BCUT2D eigenvalue weighted by Crippen LogP contribution is -2.53. The Kier molecular flexibility index (Phi) is 6.24. The highest BCUT2D eigenvalue weighted by atomic mass is 19.3. The molecule has 2 rings (SSSR count). The van der Waals surface area contributed by atoms with Gasteiger partial charge in [0, 0.05) is 32.5 Å². The van der Waals surface area contributed by atoms with E-state index in [4.69, 9.17) is 10.5 Å². The van der Waals surface area contributed by atoms with Crippen LogP contribution in [0, 0.1) is 11.3 Å². The standard InChI is InChI=1S/C18H32F2N2O2/c1-13(24-12-14-4-6-18(19,20)7-5-14)15(21)16(23)22-10-8-17(2,3)9-11-22/h13-15H,4-12,21H2,1-3H3/t13-,15+/m1/s1. The predicted octanol–water partition coefficient (Wildman–Crippen LogP) is 3.19. The molecule has 0 aromatic carbocycles. The highest BCUT2D eigenvalue weighted by molar-refractivity contribution is 5.82. The van der Waals surface area contributed by atoms with Crippen LogP contribution in [0.15, 0.2) is 0 Å². The lowest BCUT2D eigenvalue weighted by molar-refractivity contribution is -0.138. The van der Waals surface area contributed by atoms with Crippen LogP contribution in [-0.2, 0) is 9.53 Å². The number of hydrogen-bond donors (Lipinski definition) is 1. The van der Waals surface area contributed by atoms with Crippen LogP contribution in [0.5, 0.6) is 0 Å². The summed E-state index contributed by atoms with van der Waals surface area (Å²) >= 11 is 0. The molecule has 0 radical (unpaired) electrons. The number of ether oxygens (including phenoxy) is 1. The van der Waals surface area contributed by atoms with E-state index in [1.54, 1.807) is 6.92 Å². The minimum absolute atomic E-state index is 0.0619. The Balaban J connectivity index is 1.73. The molecule has 2 aliphatic rings. The van der Waals surface area contributed by atoms with Crippen molar-refractivity contribution in [1.82, 2.24) is 4.90 Å². The van der Waals surface area contributed by atoms with E-state index in [-0.39, 0.29) is 30.1 Å². The van der Waals surface area contributed by atoms with E-state index >= 15 is 0 Å². The zero-order valence-electron chi connectivity index (χ0n) is 15.2. The molecule has 1 aliphatic heterocycles. The first-order valence-electron chi connectivity index (χ1n) is 9.13. The van der Waals surface area contributed by atoms with E-state index < -0.39 is 18.1 Å². The second-order valence-electron chi connectivity index (χ2n) is 8.35. The maximum Gasteiger partial charge on any atom is 0.248 e. The van der Waals surface area contributed by atoms with Crippen molar-refractivity contribution in [3.63, 3.8) is 0 Å². The molecule has 1 saturated heterocycles. The Morgan fingerprint density at radius 2 is 1.75 bits per heavy atom. The first-order valence-corrected chi connectivity index (χ1v) is 9.13. The molecular weight excluding hydrogens is 314 g/mol. The van der Waals surface area contributed by atoms with E-state index in [1.807, 2.05) is 4.90 Å². The number of carbonyl (C=O) groups excluding carboxylic acids is 1. The quantitative estimate of drug-likeness (QED) is 0.832. The third kappa shape index (κ3) is 5.38. The monoisotopic (exact) mass is 346 g/mol. The molecule has 0 aromatic rings. The molecule has 24 heavy (non-hydrogen) atoms. The van der Waals surface area contributed by atoms with Gasteiger partial charge in [-0.2, -0.15) is 0 Å². The molecule has 1 saturated carbocycles. The highest BCUT2D eigenvalue weighted by Gasteiger charge is 2.36. The molecule has 1 aliphatic carbocycles. The van der Waals surface area contributed by atoms with Crippen molar-refractivity contribution in [3.8, 4) is 0 Å². The molecule has 4 nitrogen and oxygen atoms in total. The topological polar surface area (TPSA) is 55.6 Å². The van der Waals surface area contributed by atoms with Gasteiger partial charge in [0.1, 0.15) is 6.04 Å². The summed E-state index contributed by atoms with van der Waals surface area (Å²) in [5.41, 5.74) is 6.37. The van der Waals surface area contributed by atoms with Crippen molar-refractivity contribution >= 4 is 5.91 Å². The number of nitrogens with zero attached hydrogens (tertiary/aromatic N) is 1. The van der Waals surface area contributed by atoms with Crippen LogP contribution in [0.25, 0.3) is 0 Å². The largest absolute Gasteiger partial charge is 0.376 e. The van der Waals surface area contributed by atoms with Gasteiger partial charge in [-0.15, -0.1) is 0 Å². The van der Waals surface area contributed by atoms with E-state index in [1.165, 1.54) is 0 Å². The fraction of sp³-hybridized carbons (Fsp3) is 0.944. The molecule has 1 heterocycles. The van der Waals surface area contributed by atoms with Gasteiger partial charge < -0.3 is 15.4 Å². The third-order valence-corrected chi connectivity index (χ3v) is 5.65. The van der Waals surface area contributed by atoms with Crippen molar-refractivity contribution in [2.45, 2.75) is 77.4 Å². The molecule has 140 valence electrons. The Bertz CT molecular complexity index is 423. The summed E-state index contributed by atoms with van der Waals surface area (Å²) in [6.07, 6.45) is 2.39. The molecule has 2 N–H and O–H groups in total. The number of nitrogens with two attached hydrogens (primary N) is 1. The van der Waals surface area contributed by atoms with Gasteiger partial charge in [-0.1, -0.05) is 13.8 Å². The molecule has 0 bridgehead atoms. The zero-order chi connectivity index (χ0) is 18.0. The minimum Gasteiger partial charge on any atom is -0.376 e. The second kappa shape index (κ2) is 7.65. The molecule has 0 aromatic heterocycles. The Labute approximate surface area is 144 Å². The van der Waals surface area contributed by atoms with E-state index in [0.717, 1.165) is 25.9 Å². The number of piperidine rings is 1. The van der Waals surface area contributed by atoms with E-state index in [0.29, 0.717) is 19.4 Å². The average Bonchev–Trinajstić information content (AvgIpc) is 2.52. The van der Waals surface area contributed by atoms with Crippen LogP contribution in [0.2, 0.25) is 0 Å². The highest BCUT2D eigenvalue weighted by Crippen LogP contribution is 2.36. The molecule has 0 unspecified atom stereocenters. The van der Waals surface area contributed by atoms with Crippen LogP contribution in [-0.4, -0.2) is 48.6 Å². The average molecular weight is 346 g/mol. The van der Waals surface area contributed by atoms with E-state index in [9.17, 15) is 13.6 Å². The minimum atomic E-state index is -2.52. The van der Waals surface area contributed by atoms with Gasteiger partial charge >= 0.3 is 0 Å². The number of rotatable bonds is 5. The molecule has 1 amide bonds. The Morgan fingerprint density at radius 3 is 2.29 bits per heavy atom. The smallest absolute Gasteiger partial charge is 0.248 e. The van der Waals surface area contributed by atoms with Crippen LogP contribution < -0.4 is 5.73 Å². The second-order valence-corrected chi connectivity index (χ2v) is 8.35. The maximum absolute atomic E-state index is 13.2. The Hall–Kier alpha value is -0.750. The molecule has 0 spiro atoms. The number of hydrogen-bond acceptors (Lipinski definition) is 3. The van der Waals surface area contributed by atoms with Gasteiger partial charge in [-0.3, -0.25) is 4.79 Å². The molecule has 2 fully saturated rings. The van der Waals surface area contributed by atoms with Crippen LogP contribution in [0.3, 0.4) is 0 Å². The van der Waals surface area contributed by atoms with Gasteiger partial charge in [-0.25, -0.2) is 8.78 Å². The molecular formula is C18H32F2N2O2. The van der Waals surface area contributed by atoms with Crippen molar-refractivity contribution in [3.05, 3.63) is 0 Å². The lowest BCUT2D eigenvalue weighted by atomic mass is 9.82. The Morgan fingerprint density at radius 1 is 1.21 bits per heavy atom. The summed E-state index contributed by atoms with van der Waals surface area (Å²) in [6, 6.07) is -0.684. The van der Waals surface area contributed by atoms with Crippen LogP contribution >= 0.6 is 0 Å². The van der Waals surface area contributed by atoms with Gasteiger partial charge in [0.15, 0.2) is 0 Å². The number of alkyl halides is 2. The van der Waals surface area contributed by atoms with Gasteiger partial charge in [0.25, 0.3) is 0 Å². The normalized spacial score (nSPS) is 26.8. The zero-order valence-corrected chi connectivity index (χ0v) is 15.2. The van der Waals surface area contributed by atoms with E-state index in [2.05, 4.69) is 13.8 Å². The summed E-state index contributed by atoms with van der Waals surface area (Å²) in [5, 5.41) is 0. The van der Waals surface area contributed by atoms with Gasteiger partial charge in [0.2, 0.25) is 11.8 Å². The van der Waals surface area contributed by atoms with Crippen molar-refractivity contribution in [1.29, 1.82) is 0 Å². The number of likely N-dealkylation sites (tertiary alicyclic amines) is 1. The maximum atomic E-state index is 13.2. The number of amides is 1. The summed E-state index contributed by atoms with van der Waals surface area (Å²) in [4.78, 5) is 14.3. The summed E-state index contributed by atoms with van der Waals surface area (Å²) in [6.45, 7) is 8.12.